The molecule has 1 aromatic heterocycles. The molecule has 0 radical (unpaired) electrons. The van der Waals surface area contributed by atoms with E-state index in [0.717, 1.165) is 17.4 Å². The van der Waals surface area contributed by atoms with Gasteiger partial charge in [-0.05, 0) is 18.2 Å². The minimum atomic E-state index is -0.617. The summed E-state index contributed by atoms with van der Waals surface area (Å²) in [6, 6.07) is 9.51. The summed E-state index contributed by atoms with van der Waals surface area (Å²) >= 11 is 7.09. The van der Waals surface area contributed by atoms with E-state index in [1.165, 1.54) is 24.3 Å². The Morgan fingerprint density at radius 2 is 2.08 bits per heavy atom. The average molecular weight is 378 g/mol. The third kappa shape index (κ3) is 3.81. The number of hydrogen-bond donors (Lipinski definition) is 1. The Morgan fingerprint density at radius 3 is 2.80 bits per heavy atom. The van der Waals surface area contributed by atoms with Gasteiger partial charge < -0.3 is 0 Å². The molecule has 25 heavy (non-hydrogen) atoms. The van der Waals surface area contributed by atoms with Gasteiger partial charge in [0.1, 0.15) is 5.82 Å². The van der Waals surface area contributed by atoms with Crippen LogP contribution in [0, 0.1) is 15.9 Å². The molecule has 0 saturated carbocycles. The van der Waals surface area contributed by atoms with Crippen LogP contribution in [0.4, 0.5) is 15.2 Å². The molecular formula is C16H9ClFN3O3S. The molecule has 0 fully saturated rings. The van der Waals surface area contributed by atoms with E-state index < -0.39 is 10.8 Å². The molecule has 0 bridgehead atoms. The van der Waals surface area contributed by atoms with Crippen molar-refractivity contribution in [2.24, 2.45) is 0 Å². The van der Waals surface area contributed by atoms with Crippen LogP contribution in [0.3, 0.4) is 0 Å². The molecule has 1 amide bonds. The lowest BCUT2D eigenvalue weighted by atomic mass is 10.2. The van der Waals surface area contributed by atoms with Gasteiger partial charge >= 0.3 is 0 Å². The van der Waals surface area contributed by atoms with E-state index in [9.17, 15) is 19.3 Å². The van der Waals surface area contributed by atoms with Crippen LogP contribution in [0.25, 0.3) is 11.3 Å². The number of hydrogen-bond acceptors (Lipinski definition) is 5. The number of nitro benzene ring substituents is 1. The summed E-state index contributed by atoms with van der Waals surface area (Å²) in [6.07, 6.45) is 0. The fourth-order valence-corrected chi connectivity index (χ4v) is 2.99. The molecule has 0 aliphatic carbocycles. The smallest absolute Gasteiger partial charge is 0.270 e. The summed E-state index contributed by atoms with van der Waals surface area (Å²) in [5, 5.41) is 15.4. The molecule has 0 saturated heterocycles. The first-order valence-electron chi connectivity index (χ1n) is 6.91. The maximum atomic E-state index is 13.3. The van der Waals surface area contributed by atoms with E-state index >= 15 is 0 Å². The van der Waals surface area contributed by atoms with Crippen LogP contribution >= 0.6 is 22.9 Å². The van der Waals surface area contributed by atoms with Gasteiger partial charge in [-0.25, -0.2) is 9.37 Å². The Morgan fingerprint density at radius 1 is 1.28 bits per heavy atom. The van der Waals surface area contributed by atoms with Gasteiger partial charge in [0.05, 0.1) is 21.2 Å². The van der Waals surface area contributed by atoms with Crippen molar-refractivity contribution in [2.75, 3.05) is 5.32 Å². The molecule has 2 aromatic carbocycles. The predicted octanol–water partition coefficient (Wildman–Crippen LogP) is 4.76. The zero-order chi connectivity index (χ0) is 18.0. The highest BCUT2D eigenvalue weighted by Crippen LogP contribution is 2.27. The van der Waals surface area contributed by atoms with Crippen LogP contribution in [-0.4, -0.2) is 15.8 Å². The van der Waals surface area contributed by atoms with Gasteiger partial charge in [0, 0.05) is 23.1 Å². The van der Waals surface area contributed by atoms with Crippen molar-refractivity contribution in [1.82, 2.24) is 4.98 Å². The molecular weight excluding hydrogens is 369 g/mol. The lowest BCUT2D eigenvalue weighted by molar-refractivity contribution is -0.384. The Hall–Kier alpha value is -2.84. The Bertz CT molecular complexity index is 977. The number of amides is 1. The molecule has 0 aliphatic rings. The summed E-state index contributed by atoms with van der Waals surface area (Å²) in [5.41, 5.74) is 0.808. The first-order valence-corrected chi connectivity index (χ1v) is 8.16. The lowest BCUT2D eigenvalue weighted by Gasteiger charge is -2.04. The van der Waals surface area contributed by atoms with Crippen molar-refractivity contribution in [3.05, 3.63) is 74.4 Å². The minimum Gasteiger partial charge on any atom is -0.298 e. The van der Waals surface area contributed by atoms with Gasteiger partial charge in [-0.1, -0.05) is 23.7 Å². The highest BCUT2D eigenvalue weighted by molar-refractivity contribution is 7.14. The number of nitrogens with one attached hydrogen (secondary N) is 1. The van der Waals surface area contributed by atoms with E-state index in [-0.39, 0.29) is 27.2 Å². The molecule has 3 rings (SSSR count). The Balaban J connectivity index is 1.83. The summed E-state index contributed by atoms with van der Waals surface area (Å²) in [7, 11) is 0. The predicted molar refractivity (Wildman–Crippen MR) is 93.6 cm³/mol. The number of carbonyl (C=O) groups excluding carboxylic acids is 1. The van der Waals surface area contributed by atoms with Gasteiger partial charge in [-0.3, -0.25) is 20.2 Å². The zero-order valence-electron chi connectivity index (χ0n) is 12.4. The van der Waals surface area contributed by atoms with Crippen LogP contribution in [0.2, 0.25) is 5.02 Å². The fourth-order valence-electron chi connectivity index (χ4n) is 2.08. The standard InChI is InChI=1S/C16H9ClFN3O3S/c17-13-5-4-11(21(23)24)7-12(13)15(22)20-16-19-14(8-25-16)9-2-1-3-10(18)6-9/h1-8H,(H,19,20,22). The SMILES string of the molecule is O=C(Nc1nc(-c2cccc(F)c2)cs1)c1cc([N+](=O)[O-])ccc1Cl. The topological polar surface area (TPSA) is 85.1 Å². The number of nitrogens with zero attached hydrogens (tertiary/aromatic N) is 2. The fraction of sp³-hybridized carbons (Fsp3) is 0. The molecule has 1 N–H and O–H groups in total. The monoisotopic (exact) mass is 377 g/mol. The highest BCUT2D eigenvalue weighted by Gasteiger charge is 2.17. The largest absolute Gasteiger partial charge is 0.298 e. The van der Waals surface area contributed by atoms with Crippen molar-refractivity contribution in [3.63, 3.8) is 0 Å². The summed E-state index contributed by atoms with van der Waals surface area (Å²) in [6.45, 7) is 0. The number of nitro groups is 1. The van der Waals surface area contributed by atoms with Crippen molar-refractivity contribution in [3.8, 4) is 11.3 Å². The number of carbonyl (C=O) groups is 1. The van der Waals surface area contributed by atoms with Crippen molar-refractivity contribution >= 4 is 39.7 Å². The van der Waals surface area contributed by atoms with Gasteiger partial charge in [-0.2, -0.15) is 0 Å². The third-order valence-electron chi connectivity index (χ3n) is 3.25. The molecule has 0 atom stereocenters. The number of halogens is 2. The van der Waals surface area contributed by atoms with Gasteiger partial charge in [0.15, 0.2) is 5.13 Å². The van der Waals surface area contributed by atoms with Gasteiger partial charge in [-0.15, -0.1) is 11.3 Å². The third-order valence-corrected chi connectivity index (χ3v) is 4.34. The number of anilines is 1. The summed E-state index contributed by atoms with van der Waals surface area (Å²) in [4.78, 5) is 26.7. The molecule has 6 nitrogen and oxygen atoms in total. The van der Waals surface area contributed by atoms with Crippen molar-refractivity contribution in [1.29, 1.82) is 0 Å². The molecule has 126 valence electrons. The molecule has 1 heterocycles. The van der Waals surface area contributed by atoms with E-state index in [0.29, 0.717) is 11.3 Å². The Kier molecular flexibility index (Phi) is 4.73. The van der Waals surface area contributed by atoms with Gasteiger partial charge in [0.25, 0.3) is 11.6 Å². The van der Waals surface area contributed by atoms with Crippen LogP contribution < -0.4 is 5.32 Å². The average Bonchev–Trinajstić information content (AvgIpc) is 3.03. The second-order valence-electron chi connectivity index (χ2n) is 4.92. The van der Waals surface area contributed by atoms with Crippen molar-refractivity contribution in [2.45, 2.75) is 0 Å². The second-order valence-corrected chi connectivity index (χ2v) is 6.19. The Labute approximate surface area is 150 Å². The summed E-state index contributed by atoms with van der Waals surface area (Å²) < 4.78 is 13.3. The maximum Gasteiger partial charge on any atom is 0.270 e. The number of aromatic nitrogens is 1. The molecule has 0 unspecified atom stereocenters. The molecule has 9 heteroatoms. The number of non-ortho nitro benzene ring substituents is 1. The van der Waals surface area contributed by atoms with Crippen LogP contribution in [0.5, 0.6) is 0 Å². The van der Waals surface area contributed by atoms with Crippen LogP contribution in [-0.2, 0) is 0 Å². The summed E-state index contributed by atoms with van der Waals surface area (Å²) in [5.74, 6) is -1.01. The quantitative estimate of drug-likeness (QED) is 0.524. The van der Waals surface area contributed by atoms with Crippen molar-refractivity contribution < 1.29 is 14.1 Å². The van der Waals surface area contributed by atoms with Crippen LogP contribution in [0.1, 0.15) is 10.4 Å². The number of benzene rings is 2. The molecule has 0 spiro atoms. The first kappa shape index (κ1) is 17.0. The number of rotatable bonds is 4. The minimum absolute atomic E-state index is 0.0293. The van der Waals surface area contributed by atoms with Crippen LogP contribution in [0.15, 0.2) is 47.8 Å². The highest BCUT2D eigenvalue weighted by atomic mass is 35.5. The van der Waals surface area contributed by atoms with E-state index in [1.54, 1.807) is 17.5 Å². The normalized spacial score (nSPS) is 10.5. The molecule has 0 aliphatic heterocycles. The van der Waals surface area contributed by atoms with E-state index in [2.05, 4.69) is 10.3 Å². The molecule has 3 aromatic rings. The number of thiazole rings is 1. The first-order chi connectivity index (χ1) is 11.9. The van der Waals surface area contributed by atoms with E-state index in [4.69, 9.17) is 11.6 Å². The maximum absolute atomic E-state index is 13.3. The second kappa shape index (κ2) is 6.96. The van der Waals surface area contributed by atoms with Gasteiger partial charge in [0.2, 0.25) is 0 Å². The zero-order valence-corrected chi connectivity index (χ0v) is 14.0. The lowest BCUT2D eigenvalue weighted by Crippen LogP contribution is -2.12. The van der Waals surface area contributed by atoms with E-state index in [1.807, 2.05) is 0 Å².